The molecule has 52 valence electrons. The van der Waals surface area contributed by atoms with Crippen LogP contribution in [0.4, 0.5) is 0 Å². The first-order chi connectivity index (χ1) is 4.35. The summed E-state index contributed by atoms with van der Waals surface area (Å²) in [6, 6.07) is 0. The number of allylic oxidation sites excluding steroid dienone is 3. The van der Waals surface area contributed by atoms with Crippen molar-refractivity contribution in [3.8, 4) is 0 Å². The standard InChI is InChI=1S/C9H16/c1-4-7-9(6-3)8-5-2/h6-7H,3-5,8H2,1-2H3/b9-7+. The summed E-state index contributed by atoms with van der Waals surface area (Å²) < 4.78 is 0. The second kappa shape index (κ2) is 5.61. The minimum Gasteiger partial charge on any atom is -0.0988 e. The van der Waals surface area contributed by atoms with Gasteiger partial charge in [-0.2, -0.15) is 0 Å². The van der Waals surface area contributed by atoms with Crippen molar-refractivity contribution in [3.05, 3.63) is 24.3 Å². The molecular weight excluding hydrogens is 108 g/mol. The van der Waals surface area contributed by atoms with Crippen LogP contribution in [0.3, 0.4) is 0 Å². The summed E-state index contributed by atoms with van der Waals surface area (Å²) >= 11 is 0. The Balaban J connectivity index is 3.66. The van der Waals surface area contributed by atoms with Gasteiger partial charge in [-0.3, -0.25) is 0 Å². The quantitative estimate of drug-likeness (QED) is 0.504. The largest absolute Gasteiger partial charge is 0.0988 e. The highest BCUT2D eigenvalue weighted by Gasteiger charge is 1.85. The molecular formula is C9H16. The Morgan fingerprint density at radius 1 is 1.44 bits per heavy atom. The zero-order chi connectivity index (χ0) is 7.11. The summed E-state index contributed by atoms with van der Waals surface area (Å²) in [6.07, 6.45) is 7.71. The van der Waals surface area contributed by atoms with Gasteiger partial charge in [0.2, 0.25) is 0 Å². The predicted molar refractivity (Wildman–Crippen MR) is 43.5 cm³/mol. The van der Waals surface area contributed by atoms with Crippen LogP contribution in [0.2, 0.25) is 0 Å². The van der Waals surface area contributed by atoms with Gasteiger partial charge in [0.05, 0.1) is 0 Å². The lowest BCUT2D eigenvalue weighted by Crippen LogP contribution is -1.75. The van der Waals surface area contributed by atoms with Gasteiger partial charge in [0.25, 0.3) is 0 Å². The van der Waals surface area contributed by atoms with E-state index in [1.807, 2.05) is 6.08 Å². The Kier molecular flexibility index (Phi) is 5.29. The molecule has 0 amide bonds. The molecule has 0 rings (SSSR count). The summed E-state index contributed by atoms with van der Waals surface area (Å²) in [4.78, 5) is 0. The lowest BCUT2D eigenvalue weighted by atomic mass is 10.1. The lowest BCUT2D eigenvalue weighted by Gasteiger charge is -1.95. The van der Waals surface area contributed by atoms with E-state index in [0.717, 1.165) is 6.42 Å². The Labute approximate surface area is 58.3 Å². The average Bonchev–Trinajstić information content (AvgIpc) is 1.88. The molecule has 0 aromatic rings. The number of hydrogen-bond acceptors (Lipinski definition) is 0. The van der Waals surface area contributed by atoms with Gasteiger partial charge in [0.1, 0.15) is 0 Å². The van der Waals surface area contributed by atoms with E-state index in [2.05, 4.69) is 26.5 Å². The van der Waals surface area contributed by atoms with Crippen molar-refractivity contribution in [2.24, 2.45) is 0 Å². The maximum atomic E-state index is 3.73. The first-order valence-electron chi connectivity index (χ1n) is 3.66. The molecule has 0 spiro atoms. The minimum atomic E-state index is 1.13. The van der Waals surface area contributed by atoms with Crippen LogP contribution in [-0.4, -0.2) is 0 Å². The van der Waals surface area contributed by atoms with E-state index in [1.165, 1.54) is 18.4 Å². The summed E-state index contributed by atoms with van der Waals surface area (Å²) in [5, 5.41) is 0. The van der Waals surface area contributed by atoms with Crippen molar-refractivity contribution in [1.29, 1.82) is 0 Å². The molecule has 0 aliphatic carbocycles. The Hall–Kier alpha value is -0.520. The highest BCUT2D eigenvalue weighted by atomic mass is 13.9. The van der Waals surface area contributed by atoms with Crippen molar-refractivity contribution in [1.82, 2.24) is 0 Å². The molecule has 0 saturated heterocycles. The zero-order valence-electron chi connectivity index (χ0n) is 6.48. The van der Waals surface area contributed by atoms with Gasteiger partial charge in [-0.25, -0.2) is 0 Å². The SMILES string of the molecule is C=C/C(=C\CC)CCC. The van der Waals surface area contributed by atoms with Crippen LogP contribution in [0, 0.1) is 0 Å². The highest BCUT2D eigenvalue weighted by molar-refractivity contribution is 5.15. The normalized spacial score (nSPS) is 11.6. The summed E-state index contributed by atoms with van der Waals surface area (Å²) in [5.41, 5.74) is 1.39. The fourth-order valence-corrected chi connectivity index (χ4v) is 0.838. The molecule has 9 heavy (non-hydrogen) atoms. The van der Waals surface area contributed by atoms with Gasteiger partial charge in [0.15, 0.2) is 0 Å². The zero-order valence-corrected chi connectivity index (χ0v) is 6.48. The molecule has 0 N–H and O–H groups in total. The van der Waals surface area contributed by atoms with E-state index in [0.29, 0.717) is 0 Å². The van der Waals surface area contributed by atoms with Crippen molar-refractivity contribution in [2.45, 2.75) is 33.1 Å². The molecule has 0 nitrogen and oxygen atoms in total. The number of rotatable bonds is 4. The van der Waals surface area contributed by atoms with E-state index in [1.54, 1.807) is 0 Å². The second-order valence-corrected chi connectivity index (χ2v) is 2.14. The van der Waals surface area contributed by atoms with Gasteiger partial charge in [-0.1, -0.05) is 44.6 Å². The van der Waals surface area contributed by atoms with Crippen LogP contribution >= 0.6 is 0 Å². The highest BCUT2D eigenvalue weighted by Crippen LogP contribution is 2.05. The van der Waals surface area contributed by atoms with Gasteiger partial charge in [-0.15, -0.1) is 0 Å². The van der Waals surface area contributed by atoms with E-state index in [4.69, 9.17) is 0 Å². The molecule has 0 aromatic carbocycles. The molecule has 0 heteroatoms. The van der Waals surface area contributed by atoms with E-state index in [9.17, 15) is 0 Å². The fraction of sp³-hybridized carbons (Fsp3) is 0.556. The van der Waals surface area contributed by atoms with Crippen LogP contribution in [0.15, 0.2) is 24.3 Å². The maximum absolute atomic E-state index is 3.73. The van der Waals surface area contributed by atoms with Gasteiger partial charge in [0, 0.05) is 0 Å². The van der Waals surface area contributed by atoms with Gasteiger partial charge in [-0.05, 0) is 12.8 Å². The van der Waals surface area contributed by atoms with Crippen molar-refractivity contribution >= 4 is 0 Å². The predicted octanol–water partition coefficient (Wildman–Crippen LogP) is 3.31. The Morgan fingerprint density at radius 2 is 2.11 bits per heavy atom. The Bertz CT molecular complexity index is 98.6. The van der Waals surface area contributed by atoms with Gasteiger partial charge < -0.3 is 0 Å². The van der Waals surface area contributed by atoms with Crippen LogP contribution in [0.5, 0.6) is 0 Å². The monoisotopic (exact) mass is 124 g/mol. The van der Waals surface area contributed by atoms with Crippen LogP contribution < -0.4 is 0 Å². The van der Waals surface area contributed by atoms with E-state index >= 15 is 0 Å². The molecule has 0 aromatic heterocycles. The smallest absolute Gasteiger partial charge is 0.0285 e. The molecule has 0 saturated carbocycles. The molecule has 0 atom stereocenters. The minimum absolute atomic E-state index is 1.13. The average molecular weight is 124 g/mol. The number of hydrogen-bond donors (Lipinski definition) is 0. The topological polar surface area (TPSA) is 0 Å². The second-order valence-electron chi connectivity index (χ2n) is 2.14. The van der Waals surface area contributed by atoms with E-state index < -0.39 is 0 Å². The van der Waals surface area contributed by atoms with Crippen molar-refractivity contribution in [3.63, 3.8) is 0 Å². The molecule has 0 aliphatic rings. The van der Waals surface area contributed by atoms with Crippen molar-refractivity contribution in [2.75, 3.05) is 0 Å². The third-order valence-electron chi connectivity index (χ3n) is 1.27. The summed E-state index contributed by atoms with van der Waals surface area (Å²) in [6.45, 7) is 8.07. The van der Waals surface area contributed by atoms with Crippen LogP contribution in [-0.2, 0) is 0 Å². The molecule has 0 fully saturated rings. The van der Waals surface area contributed by atoms with E-state index in [-0.39, 0.29) is 0 Å². The summed E-state index contributed by atoms with van der Waals surface area (Å²) in [5.74, 6) is 0. The Morgan fingerprint density at radius 3 is 2.44 bits per heavy atom. The first kappa shape index (κ1) is 8.48. The van der Waals surface area contributed by atoms with Crippen LogP contribution in [0.25, 0.3) is 0 Å². The molecule has 0 bridgehead atoms. The molecule has 0 heterocycles. The summed E-state index contributed by atoms with van der Waals surface area (Å²) in [7, 11) is 0. The van der Waals surface area contributed by atoms with Crippen LogP contribution in [0.1, 0.15) is 33.1 Å². The first-order valence-corrected chi connectivity index (χ1v) is 3.66. The van der Waals surface area contributed by atoms with Crippen molar-refractivity contribution < 1.29 is 0 Å². The third-order valence-corrected chi connectivity index (χ3v) is 1.27. The van der Waals surface area contributed by atoms with Gasteiger partial charge >= 0.3 is 0 Å². The molecule has 0 unspecified atom stereocenters. The lowest BCUT2D eigenvalue weighted by molar-refractivity contribution is 0.918. The molecule has 0 radical (unpaired) electrons. The third kappa shape index (κ3) is 4.01. The fourth-order valence-electron chi connectivity index (χ4n) is 0.838. The molecule has 0 aliphatic heterocycles. The maximum Gasteiger partial charge on any atom is -0.0285 e.